The summed E-state index contributed by atoms with van der Waals surface area (Å²) in [6.45, 7) is 3.74. The van der Waals surface area contributed by atoms with E-state index in [2.05, 4.69) is 22.4 Å². The average Bonchev–Trinajstić information content (AvgIpc) is 2.20. The third-order valence-corrected chi connectivity index (χ3v) is 2.53. The fourth-order valence-electron chi connectivity index (χ4n) is 1.62. The van der Waals surface area contributed by atoms with Gasteiger partial charge in [0.15, 0.2) is 0 Å². The Bertz CT molecular complexity index is 667. The summed E-state index contributed by atoms with van der Waals surface area (Å²) in [7, 11) is 0. The van der Waals surface area contributed by atoms with Crippen LogP contribution < -0.4 is 5.63 Å². The number of benzene rings is 1. The van der Waals surface area contributed by atoms with Crippen molar-refractivity contribution in [3.05, 3.63) is 39.7 Å². The summed E-state index contributed by atoms with van der Waals surface area (Å²) >= 11 is 4.58. The van der Waals surface area contributed by atoms with Crippen LogP contribution in [0.4, 0.5) is 5.69 Å². The minimum atomic E-state index is -0.338. The van der Waals surface area contributed by atoms with E-state index in [0.29, 0.717) is 5.58 Å². The normalized spacial score (nSPS) is 10.1. The maximum atomic E-state index is 11.2. The molecule has 0 bridgehead atoms. The van der Waals surface area contributed by atoms with E-state index in [9.17, 15) is 4.79 Å². The maximum Gasteiger partial charge on any atom is 0.336 e. The van der Waals surface area contributed by atoms with Crippen molar-refractivity contribution in [2.75, 3.05) is 0 Å². The zero-order chi connectivity index (χ0) is 11.7. The summed E-state index contributed by atoms with van der Waals surface area (Å²) in [6.07, 6.45) is 0. The first-order valence-corrected chi connectivity index (χ1v) is 5.15. The summed E-state index contributed by atoms with van der Waals surface area (Å²) in [5, 5.41) is 3.21. The van der Waals surface area contributed by atoms with Gasteiger partial charge in [0.2, 0.25) is 0 Å². The maximum absolute atomic E-state index is 11.2. The zero-order valence-corrected chi connectivity index (χ0v) is 9.72. The van der Waals surface area contributed by atoms with Crippen LogP contribution in [0, 0.1) is 13.8 Å². The predicted molar refractivity (Wildman–Crippen MR) is 66.6 cm³/mol. The third-order valence-electron chi connectivity index (χ3n) is 2.43. The van der Waals surface area contributed by atoms with Gasteiger partial charge in [-0.3, -0.25) is 0 Å². The van der Waals surface area contributed by atoms with Crippen molar-refractivity contribution in [3.8, 4) is 0 Å². The number of fused-ring (bicyclic) bond motifs is 1. The summed E-state index contributed by atoms with van der Waals surface area (Å²) < 4.78 is 5.11. The van der Waals surface area contributed by atoms with E-state index in [1.54, 1.807) is 6.07 Å². The van der Waals surface area contributed by atoms with Crippen molar-refractivity contribution in [2.45, 2.75) is 13.8 Å². The molecule has 0 N–H and O–H groups in total. The second kappa shape index (κ2) is 4.00. The molecule has 1 aromatic heterocycles. The van der Waals surface area contributed by atoms with Crippen LogP contribution in [0.2, 0.25) is 0 Å². The van der Waals surface area contributed by atoms with Gasteiger partial charge in [-0.1, -0.05) is 0 Å². The largest absolute Gasteiger partial charge is 0.423 e. The number of aliphatic imine (C=N–C) groups is 1. The molecule has 0 fully saturated rings. The van der Waals surface area contributed by atoms with E-state index in [4.69, 9.17) is 4.42 Å². The molecule has 16 heavy (non-hydrogen) atoms. The lowest BCUT2D eigenvalue weighted by atomic mass is 10.1. The lowest BCUT2D eigenvalue weighted by molar-refractivity contribution is 0.559. The van der Waals surface area contributed by atoms with Crippen LogP contribution in [0.3, 0.4) is 0 Å². The standard InChI is InChI=1S/C12H9NO2S/c1-7-4-12(14)15-11-3-8(2)10(13-6-16)5-9(7)11/h3-5H,1-2H3. The quantitative estimate of drug-likeness (QED) is 0.430. The molecule has 0 amide bonds. The molecule has 0 aliphatic rings. The van der Waals surface area contributed by atoms with E-state index < -0.39 is 0 Å². The molecule has 4 heteroatoms. The van der Waals surface area contributed by atoms with E-state index in [1.807, 2.05) is 19.9 Å². The summed E-state index contributed by atoms with van der Waals surface area (Å²) in [5.74, 6) is 0. The van der Waals surface area contributed by atoms with E-state index >= 15 is 0 Å². The van der Waals surface area contributed by atoms with Crippen molar-refractivity contribution in [1.82, 2.24) is 0 Å². The molecule has 80 valence electrons. The first-order valence-electron chi connectivity index (χ1n) is 4.75. The molecular formula is C12H9NO2S. The number of isothiocyanates is 1. The minimum Gasteiger partial charge on any atom is -0.423 e. The molecule has 0 saturated carbocycles. The smallest absolute Gasteiger partial charge is 0.336 e. The molecular weight excluding hydrogens is 222 g/mol. The summed E-state index contributed by atoms with van der Waals surface area (Å²) in [6, 6.07) is 5.10. The van der Waals surface area contributed by atoms with Gasteiger partial charge >= 0.3 is 5.63 Å². The van der Waals surface area contributed by atoms with Crippen LogP contribution in [-0.2, 0) is 0 Å². The highest BCUT2D eigenvalue weighted by Gasteiger charge is 2.05. The molecule has 0 radical (unpaired) electrons. The number of rotatable bonds is 1. The average molecular weight is 231 g/mol. The molecule has 3 nitrogen and oxygen atoms in total. The predicted octanol–water partition coefficient (Wildman–Crippen LogP) is 3.14. The summed E-state index contributed by atoms with van der Waals surface area (Å²) in [4.78, 5) is 15.2. The monoisotopic (exact) mass is 231 g/mol. The highest BCUT2D eigenvalue weighted by molar-refractivity contribution is 7.78. The molecule has 1 aromatic carbocycles. The van der Waals surface area contributed by atoms with Crippen molar-refractivity contribution >= 4 is 34.0 Å². The Morgan fingerprint density at radius 1 is 1.25 bits per heavy atom. The number of hydrogen-bond donors (Lipinski definition) is 0. The molecule has 0 aliphatic carbocycles. The Labute approximate surface area is 97.4 Å². The van der Waals surface area contributed by atoms with Crippen molar-refractivity contribution in [3.63, 3.8) is 0 Å². The molecule has 0 unspecified atom stereocenters. The fourth-order valence-corrected chi connectivity index (χ4v) is 1.72. The topological polar surface area (TPSA) is 42.6 Å². The Balaban J connectivity index is 2.89. The van der Waals surface area contributed by atoms with Gasteiger partial charge in [-0.15, -0.1) is 0 Å². The first kappa shape index (κ1) is 10.7. The molecule has 1 heterocycles. The van der Waals surface area contributed by atoms with Crippen molar-refractivity contribution in [2.24, 2.45) is 4.99 Å². The molecule has 0 aliphatic heterocycles. The van der Waals surface area contributed by atoms with Gasteiger partial charge in [0, 0.05) is 11.5 Å². The van der Waals surface area contributed by atoms with E-state index in [1.165, 1.54) is 6.07 Å². The third kappa shape index (κ3) is 1.81. The first-order chi connectivity index (χ1) is 7.61. The van der Waals surface area contributed by atoms with Crippen LogP contribution in [-0.4, -0.2) is 5.16 Å². The second-order valence-corrected chi connectivity index (χ2v) is 3.77. The van der Waals surface area contributed by atoms with Crippen molar-refractivity contribution < 1.29 is 4.42 Å². The minimum absolute atomic E-state index is 0.338. The van der Waals surface area contributed by atoms with E-state index in [0.717, 1.165) is 22.2 Å². The Morgan fingerprint density at radius 3 is 2.69 bits per heavy atom. The Hall–Kier alpha value is -1.77. The highest BCUT2D eigenvalue weighted by Crippen LogP contribution is 2.26. The van der Waals surface area contributed by atoms with Crippen LogP contribution in [0.25, 0.3) is 11.0 Å². The second-order valence-electron chi connectivity index (χ2n) is 3.59. The highest BCUT2D eigenvalue weighted by atomic mass is 32.1. The van der Waals surface area contributed by atoms with Gasteiger partial charge in [-0.25, -0.2) is 4.79 Å². The molecule has 0 saturated heterocycles. The van der Waals surface area contributed by atoms with Gasteiger partial charge < -0.3 is 4.42 Å². The van der Waals surface area contributed by atoms with Crippen LogP contribution in [0.15, 0.2) is 32.4 Å². The lowest BCUT2D eigenvalue weighted by Crippen LogP contribution is -1.97. The molecule has 2 rings (SSSR count). The van der Waals surface area contributed by atoms with Gasteiger partial charge in [-0.2, -0.15) is 4.99 Å². The van der Waals surface area contributed by atoms with Gasteiger partial charge in [0.05, 0.1) is 10.8 Å². The van der Waals surface area contributed by atoms with E-state index in [-0.39, 0.29) is 5.63 Å². The number of hydrogen-bond acceptors (Lipinski definition) is 4. The lowest BCUT2D eigenvalue weighted by Gasteiger charge is -2.03. The van der Waals surface area contributed by atoms with Crippen molar-refractivity contribution in [1.29, 1.82) is 0 Å². The Morgan fingerprint density at radius 2 is 2.00 bits per heavy atom. The van der Waals surface area contributed by atoms with Gasteiger partial charge in [0.1, 0.15) is 5.58 Å². The number of aryl methyl sites for hydroxylation is 2. The van der Waals surface area contributed by atoms with Gasteiger partial charge in [0.25, 0.3) is 0 Å². The zero-order valence-electron chi connectivity index (χ0n) is 8.90. The Kier molecular flexibility index (Phi) is 2.69. The molecule has 2 aromatic rings. The number of thiocarbonyl (C=S) groups is 1. The van der Waals surface area contributed by atoms with Gasteiger partial charge in [-0.05, 0) is 49.3 Å². The van der Waals surface area contributed by atoms with Crippen LogP contribution in [0.5, 0.6) is 0 Å². The van der Waals surface area contributed by atoms with Crippen LogP contribution >= 0.6 is 12.2 Å². The van der Waals surface area contributed by atoms with Crippen LogP contribution in [0.1, 0.15) is 11.1 Å². The molecule has 0 atom stereocenters. The SMILES string of the molecule is Cc1cc2oc(=O)cc(C)c2cc1N=C=S. The number of nitrogens with zero attached hydrogens (tertiary/aromatic N) is 1. The fraction of sp³-hybridized carbons (Fsp3) is 0.167. The molecule has 0 spiro atoms. The summed E-state index contributed by atoms with van der Waals surface area (Å²) in [5.41, 5.74) is 2.76.